The molecule has 1 aromatic heterocycles. The van der Waals surface area contributed by atoms with Gasteiger partial charge in [-0.3, -0.25) is 9.10 Å². The number of benzene rings is 2. The Morgan fingerprint density at radius 3 is 2.37 bits per heavy atom. The van der Waals surface area contributed by atoms with E-state index in [1.54, 1.807) is 18.2 Å². The minimum Gasteiger partial charge on any atom is -0.465 e. The minimum absolute atomic E-state index is 0.0858. The lowest BCUT2D eigenvalue weighted by Gasteiger charge is -2.24. The molecule has 2 aromatic carbocycles. The SMILES string of the molecule is COC(=O)c1sccc1S(=O)(=O)N(CC(=O)Nc1ccc(F)cc1)c1ccccc1. The third kappa shape index (κ3) is 4.66. The molecule has 1 amide bonds. The molecule has 0 radical (unpaired) electrons. The van der Waals surface area contributed by atoms with E-state index in [9.17, 15) is 22.4 Å². The van der Waals surface area contributed by atoms with Gasteiger partial charge in [-0.1, -0.05) is 18.2 Å². The van der Waals surface area contributed by atoms with E-state index in [2.05, 4.69) is 10.1 Å². The van der Waals surface area contributed by atoms with Crippen molar-refractivity contribution in [2.24, 2.45) is 0 Å². The summed E-state index contributed by atoms with van der Waals surface area (Å²) in [6.45, 7) is -0.555. The zero-order valence-electron chi connectivity index (χ0n) is 15.7. The van der Waals surface area contributed by atoms with Crippen molar-refractivity contribution in [2.45, 2.75) is 4.90 Å². The van der Waals surface area contributed by atoms with Crippen molar-refractivity contribution >= 4 is 44.6 Å². The number of hydrogen-bond acceptors (Lipinski definition) is 6. The Bertz CT molecular complexity index is 1150. The van der Waals surface area contributed by atoms with Crippen molar-refractivity contribution in [1.29, 1.82) is 0 Å². The molecular weight excluding hydrogens is 431 g/mol. The van der Waals surface area contributed by atoms with Crippen LogP contribution < -0.4 is 9.62 Å². The summed E-state index contributed by atoms with van der Waals surface area (Å²) in [7, 11) is -3.11. The van der Waals surface area contributed by atoms with Gasteiger partial charge in [0.25, 0.3) is 10.0 Å². The number of esters is 1. The molecule has 0 unspecified atom stereocenters. The average Bonchev–Trinajstić information content (AvgIpc) is 3.24. The highest BCUT2D eigenvalue weighted by atomic mass is 32.2. The van der Waals surface area contributed by atoms with Gasteiger partial charge in [0, 0.05) is 5.69 Å². The molecular formula is C20H17FN2O5S2. The molecule has 3 aromatic rings. The molecule has 156 valence electrons. The van der Waals surface area contributed by atoms with Crippen molar-refractivity contribution in [3.05, 3.63) is 76.7 Å². The van der Waals surface area contributed by atoms with Crippen LogP contribution in [-0.4, -0.2) is 33.9 Å². The molecule has 0 atom stereocenters. The predicted octanol–water partition coefficient (Wildman–Crippen LogP) is 3.51. The Labute approximate surface area is 176 Å². The Morgan fingerprint density at radius 2 is 1.73 bits per heavy atom. The number of nitrogens with zero attached hydrogens (tertiary/aromatic N) is 1. The molecule has 0 fully saturated rings. The highest BCUT2D eigenvalue weighted by Gasteiger charge is 2.32. The van der Waals surface area contributed by atoms with E-state index in [0.29, 0.717) is 5.69 Å². The lowest BCUT2D eigenvalue weighted by Crippen LogP contribution is -2.38. The van der Waals surface area contributed by atoms with Gasteiger partial charge in [-0.05, 0) is 47.8 Å². The summed E-state index contributed by atoms with van der Waals surface area (Å²) < 4.78 is 45.4. The second-order valence-electron chi connectivity index (χ2n) is 6.01. The summed E-state index contributed by atoms with van der Waals surface area (Å²) >= 11 is 0.928. The number of hydrogen-bond donors (Lipinski definition) is 1. The van der Waals surface area contributed by atoms with Crippen molar-refractivity contribution in [2.75, 3.05) is 23.3 Å². The number of halogens is 1. The highest BCUT2D eigenvalue weighted by molar-refractivity contribution is 7.93. The van der Waals surface area contributed by atoms with E-state index in [1.165, 1.54) is 47.8 Å². The predicted molar refractivity (Wildman–Crippen MR) is 112 cm³/mol. The summed E-state index contributed by atoms with van der Waals surface area (Å²) in [6, 6.07) is 14.4. The monoisotopic (exact) mass is 448 g/mol. The van der Waals surface area contributed by atoms with Crippen LogP contribution in [0.5, 0.6) is 0 Å². The Kier molecular flexibility index (Phi) is 6.48. The molecule has 1 N–H and O–H groups in total. The molecule has 7 nitrogen and oxygen atoms in total. The maximum atomic E-state index is 13.4. The molecule has 0 spiro atoms. The fourth-order valence-electron chi connectivity index (χ4n) is 2.63. The summed E-state index contributed by atoms with van der Waals surface area (Å²) in [5.41, 5.74) is 0.561. The molecule has 0 aliphatic rings. The minimum atomic E-state index is -4.27. The van der Waals surface area contributed by atoms with Crippen molar-refractivity contribution in [3.8, 4) is 0 Å². The fourth-order valence-corrected chi connectivity index (χ4v) is 5.37. The van der Waals surface area contributed by atoms with E-state index >= 15 is 0 Å². The number of rotatable bonds is 7. The van der Waals surface area contributed by atoms with Crippen LogP contribution >= 0.6 is 11.3 Å². The number of sulfonamides is 1. The summed E-state index contributed by atoms with van der Waals surface area (Å²) in [5, 5.41) is 3.99. The number of methoxy groups -OCH3 is 1. The van der Waals surface area contributed by atoms with Crippen LogP contribution in [0.2, 0.25) is 0 Å². The van der Waals surface area contributed by atoms with E-state index < -0.39 is 34.3 Å². The van der Waals surface area contributed by atoms with E-state index in [-0.39, 0.29) is 15.5 Å². The summed E-state index contributed by atoms with van der Waals surface area (Å²) in [5.74, 6) is -1.88. The van der Waals surface area contributed by atoms with Gasteiger partial charge >= 0.3 is 5.97 Å². The van der Waals surface area contributed by atoms with Crippen LogP contribution in [0.4, 0.5) is 15.8 Å². The van der Waals surface area contributed by atoms with Gasteiger partial charge in [0.2, 0.25) is 5.91 Å². The zero-order valence-corrected chi connectivity index (χ0v) is 17.4. The number of carbonyl (C=O) groups excluding carboxylic acids is 2. The van der Waals surface area contributed by atoms with Gasteiger partial charge in [-0.15, -0.1) is 11.3 Å². The van der Waals surface area contributed by atoms with Gasteiger partial charge in [0.15, 0.2) is 0 Å². The normalized spacial score (nSPS) is 11.0. The van der Waals surface area contributed by atoms with E-state index in [1.807, 2.05) is 0 Å². The van der Waals surface area contributed by atoms with Gasteiger partial charge in [-0.25, -0.2) is 17.6 Å². The first kappa shape index (κ1) is 21.5. The number of nitrogens with one attached hydrogen (secondary N) is 1. The first-order valence-electron chi connectivity index (χ1n) is 8.62. The smallest absolute Gasteiger partial charge is 0.349 e. The Hall–Kier alpha value is -3.24. The third-order valence-corrected chi connectivity index (χ3v) is 6.87. The van der Waals surface area contributed by atoms with Crippen LogP contribution in [0.15, 0.2) is 70.9 Å². The second kappa shape index (κ2) is 9.06. The maximum Gasteiger partial charge on any atom is 0.349 e. The first-order valence-corrected chi connectivity index (χ1v) is 10.9. The second-order valence-corrected chi connectivity index (χ2v) is 8.75. The van der Waals surface area contributed by atoms with Crippen LogP contribution in [0.3, 0.4) is 0 Å². The summed E-state index contributed by atoms with van der Waals surface area (Å²) in [6.07, 6.45) is 0. The number of ether oxygens (including phenoxy) is 1. The summed E-state index contributed by atoms with van der Waals surface area (Å²) in [4.78, 5) is 24.2. The number of thiophene rings is 1. The number of amides is 1. The van der Waals surface area contributed by atoms with E-state index in [4.69, 9.17) is 0 Å². The molecule has 0 saturated carbocycles. The van der Waals surface area contributed by atoms with Crippen LogP contribution in [0.25, 0.3) is 0 Å². The van der Waals surface area contributed by atoms with Crippen molar-refractivity contribution in [1.82, 2.24) is 0 Å². The van der Waals surface area contributed by atoms with Gasteiger partial charge in [0.1, 0.15) is 22.1 Å². The quantitative estimate of drug-likeness (QED) is 0.559. The molecule has 30 heavy (non-hydrogen) atoms. The van der Waals surface area contributed by atoms with Crippen molar-refractivity contribution < 1.29 is 27.1 Å². The van der Waals surface area contributed by atoms with Gasteiger partial charge < -0.3 is 10.1 Å². The molecule has 0 aliphatic heterocycles. The lowest BCUT2D eigenvalue weighted by molar-refractivity contribution is -0.114. The Balaban J connectivity index is 1.95. The van der Waals surface area contributed by atoms with Gasteiger partial charge in [-0.2, -0.15) is 0 Å². The van der Waals surface area contributed by atoms with Gasteiger partial charge in [0.05, 0.1) is 12.8 Å². The van der Waals surface area contributed by atoms with Crippen molar-refractivity contribution in [3.63, 3.8) is 0 Å². The zero-order chi connectivity index (χ0) is 21.7. The maximum absolute atomic E-state index is 13.4. The molecule has 1 heterocycles. The van der Waals surface area contributed by atoms with Crippen LogP contribution in [-0.2, 0) is 19.6 Å². The average molecular weight is 448 g/mol. The Morgan fingerprint density at radius 1 is 1.07 bits per heavy atom. The van der Waals surface area contributed by atoms with E-state index in [0.717, 1.165) is 22.8 Å². The molecule has 0 aliphatic carbocycles. The first-order chi connectivity index (χ1) is 14.3. The largest absolute Gasteiger partial charge is 0.465 e. The highest BCUT2D eigenvalue weighted by Crippen LogP contribution is 2.29. The third-order valence-electron chi connectivity index (χ3n) is 4.03. The number of para-hydroxylation sites is 1. The number of anilines is 2. The topological polar surface area (TPSA) is 92.8 Å². The fraction of sp³-hybridized carbons (Fsp3) is 0.100. The van der Waals surface area contributed by atoms with Crippen LogP contribution in [0, 0.1) is 5.82 Å². The lowest BCUT2D eigenvalue weighted by atomic mass is 10.3. The molecule has 10 heteroatoms. The van der Waals surface area contributed by atoms with Crippen LogP contribution in [0.1, 0.15) is 9.67 Å². The molecule has 0 saturated heterocycles. The molecule has 3 rings (SSSR count). The number of carbonyl (C=O) groups is 2. The molecule has 0 bridgehead atoms. The standard InChI is InChI=1S/C20H17FN2O5S2/c1-28-20(25)19-17(11-12-29-19)30(26,27)23(16-5-3-2-4-6-16)13-18(24)22-15-9-7-14(21)8-10-15/h2-12H,13H2,1H3,(H,22,24).